The van der Waals surface area contributed by atoms with Gasteiger partial charge in [0.25, 0.3) is 5.91 Å². The molecule has 0 fully saturated rings. The number of halogens is 1. The average Bonchev–Trinajstić information content (AvgIpc) is 2.63. The Balaban J connectivity index is 1.61. The summed E-state index contributed by atoms with van der Waals surface area (Å²) in [7, 11) is 0. The summed E-state index contributed by atoms with van der Waals surface area (Å²) in [5.74, 6) is 0.282. The Kier molecular flexibility index (Phi) is 5.49. The molecule has 0 aliphatic rings. The fraction of sp³-hybridized carbons (Fsp3) is 0.150. The minimum atomic E-state index is -0.331. The average molecular weight is 367 g/mol. The molecule has 0 atom stereocenters. The van der Waals surface area contributed by atoms with Crippen LogP contribution in [0, 0.1) is 13.8 Å². The molecule has 2 N–H and O–H groups in total. The lowest BCUT2D eigenvalue weighted by molar-refractivity contribution is 0.102. The van der Waals surface area contributed by atoms with Crippen molar-refractivity contribution in [1.29, 1.82) is 0 Å². The number of carbonyl (C=O) groups is 1. The number of amides is 1. The van der Waals surface area contributed by atoms with Gasteiger partial charge in [0.2, 0.25) is 0 Å². The van der Waals surface area contributed by atoms with E-state index in [1.165, 1.54) is 5.56 Å². The molecule has 0 radical (unpaired) electrons. The van der Waals surface area contributed by atoms with Gasteiger partial charge in [-0.25, -0.2) is 0 Å². The number of carbonyl (C=O) groups excluding carboxylic acids is 1. The van der Waals surface area contributed by atoms with Crippen molar-refractivity contribution in [2.45, 2.75) is 20.4 Å². The SMILES string of the molecule is Cc1cccc(CNc2ccc(C(=O)Nc3ccc(C)c(Cl)c3)nn2)c1. The van der Waals surface area contributed by atoms with E-state index in [9.17, 15) is 4.79 Å². The van der Waals surface area contributed by atoms with Gasteiger partial charge in [-0.15, -0.1) is 10.2 Å². The first-order valence-corrected chi connectivity index (χ1v) is 8.60. The smallest absolute Gasteiger partial charge is 0.276 e. The molecule has 0 saturated carbocycles. The molecule has 3 rings (SSSR count). The van der Waals surface area contributed by atoms with Gasteiger partial charge in [-0.3, -0.25) is 4.79 Å². The van der Waals surface area contributed by atoms with Crippen LogP contribution in [0.15, 0.2) is 54.6 Å². The van der Waals surface area contributed by atoms with Crippen molar-refractivity contribution in [2.75, 3.05) is 10.6 Å². The molecular weight excluding hydrogens is 348 g/mol. The molecule has 0 saturated heterocycles. The second-order valence-electron chi connectivity index (χ2n) is 6.06. The first-order valence-electron chi connectivity index (χ1n) is 8.22. The first-order chi connectivity index (χ1) is 12.5. The van der Waals surface area contributed by atoms with Gasteiger partial charge in [-0.1, -0.05) is 47.5 Å². The number of hydrogen-bond acceptors (Lipinski definition) is 4. The van der Waals surface area contributed by atoms with Gasteiger partial charge >= 0.3 is 0 Å². The molecule has 0 bridgehead atoms. The number of hydrogen-bond donors (Lipinski definition) is 2. The van der Waals surface area contributed by atoms with E-state index in [2.05, 4.69) is 39.9 Å². The maximum atomic E-state index is 12.3. The molecule has 0 spiro atoms. The molecule has 1 aromatic heterocycles. The molecule has 5 nitrogen and oxygen atoms in total. The summed E-state index contributed by atoms with van der Waals surface area (Å²) >= 11 is 6.07. The third-order valence-corrected chi connectivity index (χ3v) is 4.29. The third kappa shape index (κ3) is 4.58. The van der Waals surface area contributed by atoms with Crippen LogP contribution >= 0.6 is 11.6 Å². The predicted molar refractivity (Wildman–Crippen MR) is 105 cm³/mol. The summed E-state index contributed by atoms with van der Waals surface area (Å²) in [5.41, 5.74) is 4.17. The van der Waals surface area contributed by atoms with Crippen molar-refractivity contribution in [1.82, 2.24) is 10.2 Å². The Bertz CT molecular complexity index is 925. The number of benzene rings is 2. The maximum Gasteiger partial charge on any atom is 0.276 e. The summed E-state index contributed by atoms with van der Waals surface area (Å²) in [4.78, 5) is 12.3. The van der Waals surface area contributed by atoms with Crippen molar-refractivity contribution in [3.8, 4) is 0 Å². The van der Waals surface area contributed by atoms with E-state index in [4.69, 9.17) is 11.6 Å². The molecule has 26 heavy (non-hydrogen) atoms. The van der Waals surface area contributed by atoms with E-state index in [0.717, 1.165) is 11.1 Å². The first kappa shape index (κ1) is 17.9. The van der Waals surface area contributed by atoms with Crippen LogP contribution in [0.25, 0.3) is 0 Å². The molecule has 2 aromatic carbocycles. The Morgan fingerprint density at radius 3 is 2.58 bits per heavy atom. The van der Waals surface area contributed by atoms with Gasteiger partial charge in [0.15, 0.2) is 5.69 Å². The number of rotatable bonds is 5. The van der Waals surface area contributed by atoms with Crippen LogP contribution in [0.3, 0.4) is 0 Å². The molecule has 0 aliphatic heterocycles. The van der Waals surface area contributed by atoms with E-state index >= 15 is 0 Å². The summed E-state index contributed by atoms with van der Waals surface area (Å²) in [6, 6.07) is 16.9. The molecule has 1 heterocycles. The normalized spacial score (nSPS) is 10.4. The topological polar surface area (TPSA) is 66.9 Å². The second-order valence-corrected chi connectivity index (χ2v) is 6.47. The van der Waals surface area contributed by atoms with E-state index in [0.29, 0.717) is 23.1 Å². The Morgan fingerprint density at radius 1 is 1.04 bits per heavy atom. The van der Waals surface area contributed by atoms with E-state index in [1.807, 2.05) is 25.1 Å². The Hall–Kier alpha value is -2.92. The predicted octanol–water partition coefficient (Wildman–Crippen LogP) is 4.61. The Labute approximate surface area is 157 Å². The van der Waals surface area contributed by atoms with E-state index in [1.54, 1.807) is 24.3 Å². The summed E-state index contributed by atoms with van der Waals surface area (Å²) < 4.78 is 0. The minimum Gasteiger partial charge on any atom is -0.365 e. The van der Waals surface area contributed by atoms with Crippen LogP contribution < -0.4 is 10.6 Å². The number of nitrogens with zero attached hydrogens (tertiary/aromatic N) is 2. The zero-order valence-electron chi connectivity index (χ0n) is 14.6. The van der Waals surface area contributed by atoms with Gasteiger partial charge in [-0.2, -0.15) is 0 Å². The Morgan fingerprint density at radius 2 is 1.88 bits per heavy atom. The fourth-order valence-electron chi connectivity index (χ4n) is 2.43. The monoisotopic (exact) mass is 366 g/mol. The number of anilines is 2. The van der Waals surface area contributed by atoms with Crippen molar-refractivity contribution < 1.29 is 4.79 Å². The minimum absolute atomic E-state index is 0.239. The van der Waals surface area contributed by atoms with Gasteiger partial charge in [0.05, 0.1) is 0 Å². The molecule has 3 aromatic rings. The highest BCUT2D eigenvalue weighted by molar-refractivity contribution is 6.31. The molecule has 0 unspecified atom stereocenters. The number of aromatic nitrogens is 2. The lowest BCUT2D eigenvalue weighted by Crippen LogP contribution is -2.15. The zero-order chi connectivity index (χ0) is 18.5. The highest BCUT2D eigenvalue weighted by atomic mass is 35.5. The quantitative estimate of drug-likeness (QED) is 0.691. The maximum absolute atomic E-state index is 12.3. The third-order valence-electron chi connectivity index (χ3n) is 3.88. The highest BCUT2D eigenvalue weighted by Gasteiger charge is 2.09. The molecule has 132 valence electrons. The van der Waals surface area contributed by atoms with E-state index in [-0.39, 0.29) is 11.6 Å². The second kappa shape index (κ2) is 7.97. The van der Waals surface area contributed by atoms with E-state index < -0.39 is 0 Å². The van der Waals surface area contributed by atoms with Gasteiger partial charge in [0, 0.05) is 17.3 Å². The van der Waals surface area contributed by atoms with Gasteiger partial charge in [0.1, 0.15) is 5.82 Å². The van der Waals surface area contributed by atoms with Crippen LogP contribution in [-0.2, 0) is 6.54 Å². The fourth-order valence-corrected chi connectivity index (χ4v) is 2.61. The van der Waals surface area contributed by atoms with Gasteiger partial charge < -0.3 is 10.6 Å². The highest BCUT2D eigenvalue weighted by Crippen LogP contribution is 2.20. The van der Waals surface area contributed by atoms with Crippen molar-refractivity contribution in [2.24, 2.45) is 0 Å². The van der Waals surface area contributed by atoms with Crippen molar-refractivity contribution >= 4 is 29.0 Å². The number of nitrogens with one attached hydrogen (secondary N) is 2. The van der Waals surface area contributed by atoms with Crippen LogP contribution in [0.2, 0.25) is 5.02 Å². The van der Waals surface area contributed by atoms with Gasteiger partial charge in [-0.05, 0) is 49.2 Å². The summed E-state index contributed by atoms with van der Waals surface area (Å²) in [6.07, 6.45) is 0. The van der Waals surface area contributed by atoms with Crippen LogP contribution in [0.1, 0.15) is 27.2 Å². The van der Waals surface area contributed by atoms with Crippen LogP contribution in [0.4, 0.5) is 11.5 Å². The zero-order valence-corrected chi connectivity index (χ0v) is 15.3. The largest absolute Gasteiger partial charge is 0.365 e. The number of aryl methyl sites for hydroxylation is 2. The lowest BCUT2D eigenvalue weighted by Gasteiger charge is -2.08. The van der Waals surface area contributed by atoms with Crippen LogP contribution in [-0.4, -0.2) is 16.1 Å². The molecule has 6 heteroatoms. The molecule has 1 amide bonds. The molecular formula is C20H19ClN4O. The molecule has 0 aliphatic carbocycles. The van der Waals surface area contributed by atoms with Crippen molar-refractivity contribution in [3.05, 3.63) is 82.0 Å². The lowest BCUT2D eigenvalue weighted by atomic mass is 10.1. The summed E-state index contributed by atoms with van der Waals surface area (Å²) in [6.45, 7) is 4.60. The van der Waals surface area contributed by atoms with Crippen LogP contribution in [0.5, 0.6) is 0 Å². The van der Waals surface area contributed by atoms with Crippen molar-refractivity contribution in [3.63, 3.8) is 0 Å². The summed E-state index contributed by atoms with van der Waals surface area (Å²) in [5, 5.41) is 14.6. The standard InChI is InChI=1S/C20H19ClN4O/c1-13-4-3-5-15(10-13)12-22-19-9-8-18(24-25-19)20(26)23-16-7-6-14(2)17(21)11-16/h3-11H,12H2,1-2H3,(H,22,25)(H,23,26).